The summed E-state index contributed by atoms with van der Waals surface area (Å²) in [5, 5.41) is 1.16. The number of hydrogen-bond donors (Lipinski definition) is 1. The molecular formula is C15H19N3S. The summed E-state index contributed by atoms with van der Waals surface area (Å²) in [6, 6.07) is 8.20. The third-order valence-corrected chi connectivity index (χ3v) is 4.84. The predicted octanol–water partition coefficient (Wildman–Crippen LogP) is 3.15. The molecule has 1 aliphatic rings. The highest BCUT2D eigenvalue weighted by Gasteiger charge is 2.28. The number of nitrogens with zero attached hydrogens (tertiary/aromatic N) is 2. The van der Waals surface area contributed by atoms with Gasteiger partial charge in [0.15, 0.2) is 0 Å². The van der Waals surface area contributed by atoms with Gasteiger partial charge in [-0.25, -0.2) is 0 Å². The molecule has 1 aromatic carbocycles. The molecule has 0 bridgehead atoms. The van der Waals surface area contributed by atoms with Gasteiger partial charge in [0.05, 0.1) is 11.2 Å². The highest BCUT2D eigenvalue weighted by Crippen LogP contribution is 2.36. The molecule has 0 spiro atoms. The normalized spacial score (nSPS) is 18.7. The number of pyridine rings is 1. The van der Waals surface area contributed by atoms with Gasteiger partial charge in [0.2, 0.25) is 0 Å². The molecule has 1 aromatic heterocycles. The molecule has 0 saturated carbocycles. The lowest BCUT2D eigenvalue weighted by Crippen LogP contribution is -2.43. The highest BCUT2D eigenvalue weighted by atomic mass is 32.2. The first kappa shape index (κ1) is 12.6. The zero-order valence-corrected chi connectivity index (χ0v) is 12.2. The Bertz CT molecular complexity index is 609. The lowest BCUT2D eigenvalue weighted by atomic mass is 10.1. The third kappa shape index (κ3) is 2.37. The van der Waals surface area contributed by atoms with E-state index in [-0.39, 0.29) is 0 Å². The first-order valence-electron chi connectivity index (χ1n) is 6.59. The Morgan fingerprint density at radius 1 is 1.32 bits per heavy atom. The van der Waals surface area contributed by atoms with E-state index in [0.717, 1.165) is 29.7 Å². The molecule has 3 nitrogen and oxygen atoms in total. The van der Waals surface area contributed by atoms with Crippen LogP contribution in [0.25, 0.3) is 10.9 Å². The van der Waals surface area contributed by atoms with Gasteiger partial charge in [0, 0.05) is 40.9 Å². The van der Waals surface area contributed by atoms with E-state index in [1.165, 1.54) is 11.4 Å². The molecule has 0 atom stereocenters. The fourth-order valence-electron chi connectivity index (χ4n) is 2.68. The second kappa shape index (κ2) is 4.60. The summed E-state index contributed by atoms with van der Waals surface area (Å²) in [4.78, 5) is 6.87. The van der Waals surface area contributed by atoms with Crippen molar-refractivity contribution < 1.29 is 0 Å². The van der Waals surface area contributed by atoms with Crippen LogP contribution in [0.5, 0.6) is 0 Å². The van der Waals surface area contributed by atoms with Crippen molar-refractivity contribution in [3.05, 3.63) is 30.5 Å². The van der Waals surface area contributed by atoms with Gasteiger partial charge >= 0.3 is 0 Å². The molecule has 2 heterocycles. The van der Waals surface area contributed by atoms with E-state index in [2.05, 4.69) is 35.9 Å². The fraction of sp³-hybridized carbons (Fsp3) is 0.400. The van der Waals surface area contributed by atoms with E-state index in [1.807, 2.05) is 23.9 Å². The number of anilines is 2. The van der Waals surface area contributed by atoms with E-state index in [4.69, 9.17) is 5.73 Å². The van der Waals surface area contributed by atoms with Gasteiger partial charge in [0.25, 0.3) is 0 Å². The Kier molecular flexibility index (Phi) is 3.05. The lowest BCUT2D eigenvalue weighted by Gasteiger charge is -2.39. The lowest BCUT2D eigenvalue weighted by molar-refractivity contribution is 0.649. The monoisotopic (exact) mass is 273 g/mol. The van der Waals surface area contributed by atoms with E-state index >= 15 is 0 Å². The van der Waals surface area contributed by atoms with Gasteiger partial charge in [-0.2, -0.15) is 11.8 Å². The minimum atomic E-state index is 0.300. The number of nitrogens with two attached hydrogens (primary N) is 1. The smallest absolute Gasteiger partial charge is 0.0951 e. The minimum Gasteiger partial charge on any atom is -0.397 e. The number of fused-ring (bicyclic) bond motifs is 1. The maximum Gasteiger partial charge on any atom is 0.0951 e. The summed E-state index contributed by atoms with van der Waals surface area (Å²) in [5.41, 5.74) is 8.95. The first-order chi connectivity index (χ1) is 9.07. The van der Waals surface area contributed by atoms with Crippen molar-refractivity contribution in [3.63, 3.8) is 0 Å². The fourth-order valence-corrected chi connectivity index (χ4v) is 3.79. The summed E-state index contributed by atoms with van der Waals surface area (Å²) < 4.78 is 0.300. The number of nitrogen functional groups attached to an aromatic ring is 1. The van der Waals surface area contributed by atoms with E-state index in [9.17, 15) is 0 Å². The van der Waals surface area contributed by atoms with Crippen LogP contribution in [0.4, 0.5) is 11.4 Å². The third-order valence-electron chi connectivity index (χ3n) is 3.54. The maximum atomic E-state index is 6.02. The highest BCUT2D eigenvalue weighted by molar-refractivity contribution is 8.00. The zero-order valence-electron chi connectivity index (χ0n) is 11.4. The molecule has 0 aliphatic carbocycles. The van der Waals surface area contributed by atoms with Crippen molar-refractivity contribution in [1.29, 1.82) is 0 Å². The maximum absolute atomic E-state index is 6.02. The Hall–Kier alpha value is -1.42. The quantitative estimate of drug-likeness (QED) is 0.811. The molecule has 1 fully saturated rings. The van der Waals surface area contributed by atoms with Gasteiger partial charge < -0.3 is 10.6 Å². The average molecular weight is 273 g/mol. The molecule has 2 N–H and O–H groups in total. The molecule has 0 unspecified atom stereocenters. The summed E-state index contributed by atoms with van der Waals surface area (Å²) in [6.07, 6.45) is 1.80. The largest absolute Gasteiger partial charge is 0.397 e. The summed E-state index contributed by atoms with van der Waals surface area (Å²) >= 11 is 2.05. The molecule has 19 heavy (non-hydrogen) atoms. The Morgan fingerprint density at radius 2 is 2.16 bits per heavy atom. The van der Waals surface area contributed by atoms with E-state index in [0.29, 0.717) is 4.75 Å². The molecular weight excluding hydrogens is 254 g/mol. The molecule has 3 rings (SSSR count). The van der Waals surface area contributed by atoms with Crippen LogP contribution in [-0.4, -0.2) is 28.6 Å². The average Bonchev–Trinajstić information content (AvgIpc) is 2.38. The van der Waals surface area contributed by atoms with Crippen molar-refractivity contribution in [3.8, 4) is 0 Å². The molecule has 0 amide bonds. The van der Waals surface area contributed by atoms with Crippen LogP contribution in [0.2, 0.25) is 0 Å². The summed E-state index contributed by atoms with van der Waals surface area (Å²) in [6.45, 7) is 6.76. The van der Waals surface area contributed by atoms with E-state index in [1.54, 1.807) is 6.20 Å². The van der Waals surface area contributed by atoms with Crippen LogP contribution in [0.1, 0.15) is 13.8 Å². The summed E-state index contributed by atoms with van der Waals surface area (Å²) in [7, 11) is 0. The molecule has 1 aliphatic heterocycles. The minimum absolute atomic E-state index is 0.300. The number of thioether (sulfide) groups is 1. The number of hydrogen-bond acceptors (Lipinski definition) is 4. The topological polar surface area (TPSA) is 42.1 Å². The second-order valence-corrected chi connectivity index (χ2v) is 7.41. The first-order valence-corrected chi connectivity index (χ1v) is 7.57. The Balaban J connectivity index is 2.08. The van der Waals surface area contributed by atoms with Gasteiger partial charge in [0.1, 0.15) is 0 Å². The van der Waals surface area contributed by atoms with Gasteiger partial charge in [-0.05, 0) is 38.1 Å². The molecule has 2 aromatic rings. The summed E-state index contributed by atoms with van der Waals surface area (Å²) in [5.74, 6) is 1.17. The van der Waals surface area contributed by atoms with Crippen molar-refractivity contribution in [2.24, 2.45) is 0 Å². The number of benzene rings is 1. The van der Waals surface area contributed by atoms with Crippen molar-refractivity contribution >= 4 is 34.0 Å². The van der Waals surface area contributed by atoms with Gasteiger partial charge in [-0.3, -0.25) is 4.98 Å². The van der Waals surface area contributed by atoms with Crippen LogP contribution < -0.4 is 10.6 Å². The second-order valence-electron chi connectivity index (χ2n) is 5.60. The van der Waals surface area contributed by atoms with Crippen molar-refractivity contribution in [1.82, 2.24) is 4.98 Å². The zero-order chi connectivity index (χ0) is 13.5. The molecule has 1 saturated heterocycles. The van der Waals surface area contributed by atoms with Gasteiger partial charge in [-0.1, -0.05) is 0 Å². The number of rotatable bonds is 1. The van der Waals surface area contributed by atoms with Gasteiger partial charge in [-0.15, -0.1) is 0 Å². The van der Waals surface area contributed by atoms with Crippen molar-refractivity contribution in [2.45, 2.75) is 18.6 Å². The molecule has 100 valence electrons. The predicted molar refractivity (Wildman–Crippen MR) is 84.9 cm³/mol. The number of aromatic nitrogens is 1. The van der Waals surface area contributed by atoms with Crippen molar-refractivity contribution in [2.75, 3.05) is 29.5 Å². The van der Waals surface area contributed by atoms with Crippen LogP contribution in [0, 0.1) is 0 Å². The Morgan fingerprint density at radius 3 is 2.95 bits per heavy atom. The van der Waals surface area contributed by atoms with E-state index < -0.39 is 0 Å². The van der Waals surface area contributed by atoms with Crippen LogP contribution >= 0.6 is 11.8 Å². The Labute approximate surface area is 118 Å². The SMILES string of the molecule is CC1(C)CN(c2ccc(N)c3ncccc23)CCS1. The van der Waals surface area contributed by atoms with Crippen LogP contribution in [0.15, 0.2) is 30.5 Å². The van der Waals surface area contributed by atoms with Crippen LogP contribution in [-0.2, 0) is 0 Å². The standard InChI is InChI=1S/C15H19N3S/c1-15(2)10-18(8-9-19-15)13-6-5-12(16)14-11(13)4-3-7-17-14/h3-7H,8-10,16H2,1-2H3. The molecule has 4 heteroatoms. The molecule has 0 radical (unpaired) electrons. The van der Waals surface area contributed by atoms with Crippen LogP contribution in [0.3, 0.4) is 0 Å².